The molecule has 1 aromatic carbocycles. The fourth-order valence-electron chi connectivity index (χ4n) is 2.84. The summed E-state index contributed by atoms with van der Waals surface area (Å²) < 4.78 is 1.97. The zero-order chi connectivity index (χ0) is 13.4. The van der Waals surface area contributed by atoms with Gasteiger partial charge in [0.05, 0.1) is 11.4 Å². The summed E-state index contributed by atoms with van der Waals surface area (Å²) in [5.74, 6) is 0. The number of hydrogen-bond acceptors (Lipinski definition) is 3. The molecule has 0 aliphatic carbocycles. The van der Waals surface area contributed by atoms with Gasteiger partial charge >= 0.3 is 0 Å². The first kappa shape index (κ1) is 12.2. The third-order valence-corrected chi connectivity index (χ3v) is 3.87. The molecule has 4 heteroatoms. The van der Waals surface area contributed by atoms with Crippen LogP contribution in [0.4, 0.5) is 5.69 Å². The fraction of sp³-hybridized carbons (Fsp3) is 0.400. The Labute approximate surface area is 113 Å². The Hall–Kier alpha value is -1.81. The lowest BCUT2D eigenvalue weighted by atomic mass is 9.98. The summed E-state index contributed by atoms with van der Waals surface area (Å²) in [6.07, 6.45) is 1.08. The van der Waals surface area contributed by atoms with Crippen molar-refractivity contribution >= 4 is 5.69 Å². The highest BCUT2D eigenvalue weighted by Gasteiger charge is 2.19. The van der Waals surface area contributed by atoms with E-state index < -0.39 is 0 Å². The quantitative estimate of drug-likeness (QED) is 0.834. The third-order valence-electron chi connectivity index (χ3n) is 3.87. The van der Waals surface area contributed by atoms with Gasteiger partial charge in [0, 0.05) is 32.4 Å². The summed E-state index contributed by atoms with van der Waals surface area (Å²) in [5, 5.41) is 4.40. The highest BCUT2D eigenvalue weighted by molar-refractivity contribution is 5.51. The van der Waals surface area contributed by atoms with Crippen molar-refractivity contribution in [3.8, 4) is 0 Å². The SMILES string of the molecule is Cc1cc(CN2CCc3cccc(N)c3C2)n(C)n1. The Morgan fingerprint density at radius 2 is 2.21 bits per heavy atom. The van der Waals surface area contributed by atoms with Crippen LogP contribution in [0, 0.1) is 6.92 Å². The molecule has 100 valence electrons. The van der Waals surface area contributed by atoms with Crippen molar-refractivity contribution < 1.29 is 0 Å². The van der Waals surface area contributed by atoms with E-state index in [4.69, 9.17) is 5.73 Å². The first-order valence-corrected chi connectivity index (χ1v) is 6.71. The van der Waals surface area contributed by atoms with Gasteiger partial charge in [-0.15, -0.1) is 0 Å². The van der Waals surface area contributed by atoms with E-state index in [1.165, 1.54) is 16.8 Å². The van der Waals surface area contributed by atoms with Crippen molar-refractivity contribution in [1.82, 2.24) is 14.7 Å². The predicted octanol–water partition coefficient (Wildman–Crippen LogP) is 1.87. The third kappa shape index (κ3) is 2.36. The molecule has 0 amide bonds. The molecular formula is C15H20N4. The van der Waals surface area contributed by atoms with E-state index in [1.54, 1.807) is 0 Å². The molecule has 0 saturated heterocycles. The second-order valence-corrected chi connectivity index (χ2v) is 5.35. The minimum atomic E-state index is 0.920. The van der Waals surface area contributed by atoms with Crippen molar-refractivity contribution in [3.05, 3.63) is 46.8 Å². The van der Waals surface area contributed by atoms with Crippen LogP contribution >= 0.6 is 0 Å². The van der Waals surface area contributed by atoms with Crippen LogP contribution in [0.15, 0.2) is 24.3 Å². The minimum Gasteiger partial charge on any atom is -0.398 e. The Morgan fingerprint density at radius 1 is 1.37 bits per heavy atom. The van der Waals surface area contributed by atoms with Gasteiger partial charge in [0.2, 0.25) is 0 Å². The lowest BCUT2D eigenvalue weighted by Gasteiger charge is -2.29. The van der Waals surface area contributed by atoms with Crippen LogP contribution in [0.25, 0.3) is 0 Å². The zero-order valence-corrected chi connectivity index (χ0v) is 11.6. The number of rotatable bonds is 2. The smallest absolute Gasteiger partial charge is 0.0597 e. The summed E-state index contributed by atoms with van der Waals surface area (Å²) in [4.78, 5) is 2.44. The molecule has 0 bridgehead atoms. The average Bonchev–Trinajstić information content (AvgIpc) is 2.69. The van der Waals surface area contributed by atoms with Crippen LogP contribution in [-0.2, 0) is 26.6 Å². The molecule has 2 aromatic rings. The summed E-state index contributed by atoms with van der Waals surface area (Å²) in [6.45, 7) is 4.99. The number of nitrogens with two attached hydrogens (primary N) is 1. The van der Waals surface area contributed by atoms with E-state index in [0.29, 0.717) is 0 Å². The lowest BCUT2D eigenvalue weighted by Crippen LogP contribution is -2.31. The molecule has 1 aromatic heterocycles. The van der Waals surface area contributed by atoms with E-state index >= 15 is 0 Å². The second-order valence-electron chi connectivity index (χ2n) is 5.35. The van der Waals surface area contributed by atoms with E-state index in [0.717, 1.165) is 37.4 Å². The summed E-state index contributed by atoms with van der Waals surface area (Å²) >= 11 is 0. The standard InChI is InChI=1S/C15H20N4/c1-11-8-13(18(2)17-11)9-19-7-6-12-4-3-5-15(16)14(12)10-19/h3-5,8H,6-7,9-10,16H2,1-2H3. The second kappa shape index (κ2) is 4.70. The molecule has 0 unspecified atom stereocenters. The molecule has 19 heavy (non-hydrogen) atoms. The van der Waals surface area contributed by atoms with Crippen LogP contribution < -0.4 is 5.73 Å². The number of hydrogen-bond donors (Lipinski definition) is 1. The highest BCUT2D eigenvalue weighted by atomic mass is 15.3. The molecule has 0 saturated carbocycles. The maximum atomic E-state index is 6.09. The summed E-state index contributed by atoms with van der Waals surface area (Å²) in [5.41, 5.74) is 12.0. The minimum absolute atomic E-state index is 0.920. The molecule has 0 fully saturated rings. The fourth-order valence-corrected chi connectivity index (χ4v) is 2.84. The molecule has 2 heterocycles. The average molecular weight is 256 g/mol. The number of nitrogen functional groups attached to an aromatic ring is 1. The molecule has 3 rings (SSSR count). The predicted molar refractivity (Wildman–Crippen MR) is 76.6 cm³/mol. The zero-order valence-electron chi connectivity index (χ0n) is 11.6. The number of benzene rings is 1. The van der Waals surface area contributed by atoms with Crippen LogP contribution in [0.3, 0.4) is 0 Å². The van der Waals surface area contributed by atoms with Crippen molar-refractivity contribution in [2.75, 3.05) is 12.3 Å². The van der Waals surface area contributed by atoms with E-state index in [2.05, 4.69) is 22.1 Å². The molecular weight excluding hydrogens is 236 g/mol. The number of fused-ring (bicyclic) bond motifs is 1. The monoisotopic (exact) mass is 256 g/mol. The van der Waals surface area contributed by atoms with E-state index in [-0.39, 0.29) is 0 Å². The number of aryl methyl sites for hydroxylation is 2. The molecule has 0 radical (unpaired) electrons. The first-order valence-electron chi connectivity index (χ1n) is 6.71. The number of nitrogens with zero attached hydrogens (tertiary/aromatic N) is 3. The number of anilines is 1. The molecule has 4 nitrogen and oxygen atoms in total. The molecule has 2 N–H and O–H groups in total. The number of aromatic nitrogens is 2. The van der Waals surface area contributed by atoms with Gasteiger partial charge in [-0.05, 0) is 36.6 Å². The van der Waals surface area contributed by atoms with Gasteiger partial charge in [-0.25, -0.2) is 0 Å². The Bertz CT molecular complexity index is 600. The van der Waals surface area contributed by atoms with Gasteiger partial charge in [-0.1, -0.05) is 12.1 Å². The van der Waals surface area contributed by atoms with Gasteiger partial charge in [0.1, 0.15) is 0 Å². The van der Waals surface area contributed by atoms with E-state index in [1.807, 2.05) is 30.8 Å². The maximum Gasteiger partial charge on any atom is 0.0597 e. The highest BCUT2D eigenvalue weighted by Crippen LogP contribution is 2.25. The van der Waals surface area contributed by atoms with Gasteiger partial charge in [0.15, 0.2) is 0 Å². The van der Waals surface area contributed by atoms with Crippen molar-refractivity contribution in [2.45, 2.75) is 26.4 Å². The maximum absolute atomic E-state index is 6.09. The van der Waals surface area contributed by atoms with Crippen molar-refractivity contribution in [3.63, 3.8) is 0 Å². The van der Waals surface area contributed by atoms with E-state index in [9.17, 15) is 0 Å². The largest absolute Gasteiger partial charge is 0.398 e. The van der Waals surface area contributed by atoms with Crippen molar-refractivity contribution in [2.24, 2.45) is 7.05 Å². The lowest BCUT2D eigenvalue weighted by molar-refractivity contribution is 0.240. The molecule has 0 spiro atoms. The first-order chi connectivity index (χ1) is 9.13. The Balaban J connectivity index is 1.79. The van der Waals surface area contributed by atoms with Gasteiger partial charge in [-0.3, -0.25) is 9.58 Å². The summed E-state index contributed by atoms with van der Waals surface area (Å²) in [7, 11) is 2.01. The van der Waals surface area contributed by atoms with Crippen molar-refractivity contribution in [1.29, 1.82) is 0 Å². The molecule has 0 atom stereocenters. The van der Waals surface area contributed by atoms with Gasteiger partial charge in [0.25, 0.3) is 0 Å². The van der Waals surface area contributed by atoms with Crippen LogP contribution in [0.2, 0.25) is 0 Å². The molecule has 1 aliphatic heterocycles. The van der Waals surface area contributed by atoms with Crippen LogP contribution in [0.1, 0.15) is 22.5 Å². The van der Waals surface area contributed by atoms with Gasteiger partial charge < -0.3 is 5.73 Å². The van der Waals surface area contributed by atoms with Crippen LogP contribution in [-0.4, -0.2) is 21.2 Å². The molecule has 1 aliphatic rings. The van der Waals surface area contributed by atoms with Gasteiger partial charge in [-0.2, -0.15) is 5.10 Å². The Kier molecular flexibility index (Phi) is 3.03. The normalized spacial score (nSPS) is 15.5. The Morgan fingerprint density at radius 3 is 2.95 bits per heavy atom. The van der Waals surface area contributed by atoms with Crippen LogP contribution in [0.5, 0.6) is 0 Å². The summed E-state index contributed by atoms with van der Waals surface area (Å²) in [6, 6.07) is 8.39. The topological polar surface area (TPSA) is 47.1 Å².